The van der Waals surface area contributed by atoms with Gasteiger partial charge in [0.2, 0.25) is 0 Å². The van der Waals surface area contributed by atoms with Crippen LogP contribution in [0.3, 0.4) is 0 Å². The molecule has 10 nitrogen and oxygen atoms in total. The lowest BCUT2D eigenvalue weighted by Crippen LogP contribution is -2.46. The fourth-order valence-electron chi connectivity index (χ4n) is 4.99. The number of halogens is 1. The summed E-state index contributed by atoms with van der Waals surface area (Å²) >= 11 is 7.47. The molecule has 0 radical (unpaired) electrons. The number of piperidine rings is 1. The first-order valence-corrected chi connectivity index (χ1v) is 14.6. The van der Waals surface area contributed by atoms with E-state index >= 15 is 0 Å². The number of carbonyl (C=O) groups excluding carboxylic acids is 2. The van der Waals surface area contributed by atoms with E-state index in [1.54, 1.807) is 36.0 Å². The van der Waals surface area contributed by atoms with E-state index in [4.69, 9.17) is 21.2 Å². The predicted octanol–water partition coefficient (Wildman–Crippen LogP) is 4.12. The van der Waals surface area contributed by atoms with E-state index < -0.39 is 0 Å². The summed E-state index contributed by atoms with van der Waals surface area (Å²) in [5, 5.41) is 21.9. The summed E-state index contributed by atoms with van der Waals surface area (Å²) in [6, 6.07) is 11.2. The molecule has 0 spiro atoms. The Morgan fingerprint density at radius 2 is 2.00 bits per heavy atom. The number of likely N-dealkylation sites (tertiary alicyclic amines) is 1. The zero-order valence-corrected chi connectivity index (χ0v) is 24.3. The number of nitrogens with one attached hydrogen (secondary N) is 1. The Kier molecular flexibility index (Phi) is 8.55. The van der Waals surface area contributed by atoms with Crippen LogP contribution in [-0.2, 0) is 6.54 Å². The number of amides is 2. The molecule has 0 unspecified atom stereocenters. The molecule has 4 heterocycles. The molecule has 3 aromatic heterocycles. The van der Waals surface area contributed by atoms with E-state index in [1.807, 2.05) is 12.1 Å². The van der Waals surface area contributed by atoms with Crippen LogP contribution in [0.1, 0.15) is 53.2 Å². The van der Waals surface area contributed by atoms with E-state index in [-0.39, 0.29) is 43.2 Å². The number of fused-ring (bicyclic) bond motifs is 1. The van der Waals surface area contributed by atoms with Crippen LogP contribution in [0, 0.1) is 0 Å². The Labute approximate surface area is 241 Å². The van der Waals surface area contributed by atoms with Crippen molar-refractivity contribution in [2.24, 2.45) is 0 Å². The average Bonchev–Trinajstić information content (AvgIpc) is 3.67. The van der Waals surface area contributed by atoms with Crippen molar-refractivity contribution in [3.8, 4) is 10.6 Å². The molecular formula is C28H33ClN6O4S. The van der Waals surface area contributed by atoms with Gasteiger partial charge in [0.25, 0.3) is 11.8 Å². The summed E-state index contributed by atoms with van der Waals surface area (Å²) in [6.07, 6.45) is 1.74. The number of rotatable bonds is 9. The van der Waals surface area contributed by atoms with Gasteiger partial charge in [0, 0.05) is 55.8 Å². The number of hydrogen-bond acceptors (Lipinski definition) is 8. The van der Waals surface area contributed by atoms with Crippen LogP contribution >= 0.6 is 22.9 Å². The number of likely N-dealkylation sites (N-methyl/N-ethyl adjacent to an activating group) is 1. The third-order valence-corrected chi connectivity index (χ3v) is 8.52. The van der Waals surface area contributed by atoms with Gasteiger partial charge in [-0.05, 0) is 57.0 Å². The number of benzene rings is 1. The minimum absolute atomic E-state index is 0.0546. The van der Waals surface area contributed by atoms with E-state index in [0.717, 1.165) is 30.8 Å². The van der Waals surface area contributed by atoms with Gasteiger partial charge in [-0.2, -0.15) is 5.10 Å². The number of aliphatic hydroxyl groups is 1. The zero-order valence-electron chi connectivity index (χ0n) is 22.8. The highest BCUT2D eigenvalue weighted by Gasteiger charge is 2.26. The van der Waals surface area contributed by atoms with Gasteiger partial charge < -0.3 is 24.7 Å². The average molecular weight is 585 g/mol. The molecule has 1 fully saturated rings. The van der Waals surface area contributed by atoms with Crippen molar-refractivity contribution in [1.29, 1.82) is 0 Å². The summed E-state index contributed by atoms with van der Waals surface area (Å²) in [5.74, 6) is 0.0925. The van der Waals surface area contributed by atoms with Gasteiger partial charge in [-0.25, -0.2) is 0 Å². The van der Waals surface area contributed by atoms with Crippen LogP contribution in [-0.4, -0.2) is 87.0 Å². The highest BCUT2D eigenvalue weighted by atomic mass is 35.5. The second-order valence-corrected chi connectivity index (χ2v) is 12.1. The van der Waals surface area contributed by atoms with Crippen molar-refractivity contribution in [2.45, 2.75) is 45.3 Å². The normalized spacial score (nSPS) is 14.8. The Morgan fingerprint density at radius 1 is 1.23 bits per heavy atom. The van der Waals surface area contributed by atoms with Crippen molar-refractivity contribution in [1.82, 2.24) is 30.1 Å². The van der Waals surface area contributed by atoms with E-state index in [1.165, 1.54) is 16.2 Å². The van der Waals surface area contributed by atoms with E-state index in [2.05, 4.69) is 29.2 Å². The van der Waals surface area contributed by atoms with Gasteiger partial charge in [0.15, 0.2) is 11.5 Å². The Hall–Kier alpha value is -3.25. The Morgan fingerprint density at radius 3 is 2.67 bits per heavy atom. The molecular weight excluding hydrogens is 552 g/mol. The molecule has 2 N–H and O–H groups in total. The lowest BCUT2D eigenvalue weighted by atomic mass is 10.0. The van der Waals surface area contributed by atoms with Gasteiger partial charge in [0.1, 0.15) is 5.69 Å². The van der Waals surface area contributed by atoms with Crippen LogP contribution < -0.4 is 5.32 Å². The van der Waals surface area contributed by atoms with Crippen LogP contribution in [0.15, 0.2) is 40.9 Å². The van der Waals surface area contributed by atoms with E-state index in [9.17, 15) is 14.7 Å². The number of hydrogen-bond donors (Lipinski definition) is 2. The van der Waals surface area contributed by atoms with Gasteiger partial charge in [-0.15, -0.1) is 11.3 Å². The maximum Gasteiger partial charge on any atom is 0.272 e. The maximum absolute atomic E-state index is 13.5. The highest BCUT2D eigenvalue weighted by molar-refractivity contribution is 7.19. The molecule has 1 saturated heterocycles. The van der Waals surface area contributed by atoms with Crippen molar-refractivity contribution in [3.63, 3.8) is 0 Å². The van der Waals surface area contributed by atoms with Gasteiger partial charge >= 0.3 is 0 Å². The minimum Gasteiger partial charge on any atom is -0.395 e. The summed E-state index contributed by atoms with van der Waals surface area (Å²) in [4.78, 5) is 31.2. The molecule has 0 saturated carbocycles. The monoisotopic (exact) mass is 584 g/mol. The molecule has 1 aromatic carbocycles. The first-order valence-electron chi connectivity index (χ1n) is 13.4. The molecule has 0 atom stereocenters. The molecule has 12 heteroatoms. The van der Waals surface area contributed by atoms with Crippen LogP contribution in [0.5, 0.6) is 0 Å². The smallest absolute Gasteiger partial charge is 0.272 e. The second kappa shape index (κ2) is 12.1. The Bertz CT molecular complexity index is 1500. The SMILES string of the molecule is CC(C)N1CCC(NC(=O)c2nn(Cc3cc(-c4ccc(Cl)s4)on3)c3ccc(C(=O)N(C)CCO)cc23)CC1. The summed E-state index contributed by atoms with van der Waals surface area (Å²) in [6.45, 7) is 6.57. The standard InChI is InChI=1S/C28H33ClN6O4S/c1-17(2)34-10-8-19(9-11-34)30-27(37)26-21-14-18(28(38)33(3)12-13-36)4-5-22(21)35(31-26)16-20-15-23(39-32-20)24-6-7-25(29)40-24/h4-7,14-15,17,19,36H,8-13,16H2,1-3H3,(H,30,37). The molecule has 40 heavy (non-hydrogen) atoms. The number of aromatic nitrogens is 3. The van der Waals surface area contributed by atoms with Gasteiger partial charge in [0.05, 0.1) is 27.9 Å². The van der Waals surface area contributed by atoms with Gasteiger partial charge in [-0.1, -0.05) is 16.8 Å². The third kappa shape index (κ3) is 6.07. The molecule has 1 aliphatic rings. The lowest BCUT2D eigenvalue weighted by molar-refractivity contribution is 0.0766. The fraction of sp³-hybridized carbons (Fsp3) is 0.429. The first-order chi connectivity index (χ1) is 19.2. The zero-order chi connectivity index (χ0) is 28.4. The number of thiophene rings is 1. The third-order valence-electron chi connectivity index (χ3n) is 7.28. The molecule has 1 aliphatic heterocycles. The lowest BCUT2D eigenvalue weighted by Gasteiger charge is -2.34. The predicted molar refractivity (Wildman–Crippen MR) is 155 cm³/mol. The van der Waals surface area contributed by atoms with Crippen LogP contribution in [0.4, 0.5) is 0 Å². The number of carbonyl (C=O) groups is 2. The van der Waals surface area contributed by atoms with E-state index in [0.29, 0.717) is 38.3 Å². The summed E-state index contributed by atoms with van der Waals surface area (Å²) in [7, 11) is 1.63. The van der Waals surface area contributed by atoms with Gasteiger partial charge in [-0.3, -0.25) is 14.3 Å². The molecule has 5 rings (SSSR count). The van der Waals surface area contributed by atoms with Crippen molar-refractivity contribution in [3.05, 3.63) is 57.7 Å². The second-order valence-electron chi connectivity index (χ2n) is 10.4. The molecule has 4 aromatic rings. The van der Waals surface area contributed by atoms with Crippen molar-refractivity contribution >= 4 is 45.7 Å². The largest absolute Gasteiger partial charge is 0.395 e. The molecule has 212 valence electrons. The summed E-state index contributed by atoms with van der Waals surface area (Å²) < 4.78 is 7.90. The first kappa shape index (κ1) is 28.3. The Balaban J connectivity index is 1.44. The molecule has 2 amide bonds. The number of nitrogens with zero attached hydrogens (tertiary/aromatic N) is 5. The molecule has 0 aliphatic carbocycles. The molecule has 0 bridgehead atoms. The van der Waals surface area contributed by atoms with Crippen molar-refractivity contribution < 1.29 is 19.2 Å². The minimum atomic E-state index is -0.269. The quantitative estimate of drug-likeness (QED) is 0.304. The van der Waals surface area contributed by atoms with Crippen molar-refractivity contribution in [2.75, 3.05) is 33.3 Å². The summed E-state index contributed by atoms with van der Waals surface area (Å²) in [5.41, 5.74) is 2.01. The fourth-order valence-corrected chi connectivity index (χ4v) is 5.98. The van der Waals surface area contributed by atoms with Crippen LogP contribution in [0.2, 0.25) is 4.34 Å². The number of aliphatic hydroxyl groups excluding tert-OH is 1. The topological polar surface area (TPSA) is 117 Å². The highest BCUT2D eigenvalue weighted by Crippen LogP contribution is 2.32. The van der Waals surface area contributed by atoms with Crippen LogP contribution in [0.25, 0.3) is 21.5 Å². The maximum atomic E-state index is 13.5.